The molecule has 12 heavy (non-hydrogen) atoms. The second-order valence-electron chi connectivity index (χ2n) is 3.81. The normalized spacial score (nSPS) is 29.7. The van der Waals surface area contributed by atoms with Gasteiger partial charge in [0.05, 0.1) is 0 Å². The molecular formula is C11H14O. The first kappa shape index (κ1) is 7.78. The highest BCUT2D eigenvalue weighted by Crippen LogP contribution is 2.37. The summed E-state index contributed by atoms with van der Waals surface area (Å²) in [7, 11) is 0. The lowest BCUT2D eigenvalue weighted by Crippen LogP contribution is -2.01. The number of rotatable bonds is 0. The van der Waals surface area contributed by atoms with Gasteiger partial charge in [-0.1, -0.05) is 17.7 Å². The summed E-state index contributed by atoms with van der Waals surface area (Å²) < 4.78 is 0. The molecule has 2 rings (SSSR count). The minimum atomic E-state index is 0.304. The average molecular weight is 162 g/mol. The van der Waals surface area contributed by atoms with Crippen molar-refractivity contribution in [2.45, 2.75) is 32.1 Å². The maximum atomic E-state index is 11.1. The Morgan fingerprint density at radius 2 is 2.08 bits per heavy atom. The monoisotopic (exact) mass is 162 g/mol. The molecule has 1 atom stereocenters. The van der Waals surface area contributed by atoms with Crippen LogP contribution in [0.15, 0.2) is 23.8 Å². The molecule has 0 aromatic heterocycles. The molecule has 0 N–H and O–H groups in total. The highest BCUT2D eigenvalue weighted by molar-refractivity contribution is 5.94. The lowest BCUT2D eigenvalue weighted by atomic mass is 9.92. The predicted octanol–water partition coefficient (Wildman–Crippen LogP) is 2.63. The fraction of sp³-hybridized carbons (Fsp3) is 0.545. The Bertz CT molecular complexity index is 260. The highest BCUT2D eigenvalue weighted by Gasteiger charge is 2.27. The Labute approximate surface area is 73.2 Å². The summed E-state index contributed by atoms with van der Waals surface area (Å²) in [5, 5.41) is 0. The molecule has 0 saturated heterocycles. The number of hydrogen-bond donors (Lipinski definition) is 0. The molecule has 0 radical (unpaired) electrons. The number of ketones is 1. The van der Waals surface area contributed by atoms with Crippen molar-refractivity contribution in [3.8, 4) is 0 Å². The van der Waals surface area contributed by atoms with E-state index < -0.39 is 0 Å². The Morgan fingerprint density at radius 3 is 2.92 bits per heavy atom. The standard InChI is InChI=1S/C11H14O/c1-8-4-2-3-5-9-6-10(12)7-11(8)9/h6,11H,1-5,7H2. The molecule has 0 bridgehead atoms. The Balaban J connectivity index is 2.25. The van der Waals surface area contributed by atoms with E-state index >= 15 is 0 Å². The van der Waals surface area contributed by atoms with Gasteiger partial charge in [0.25, 0.3) is 0 Å². The smallest absolute Gasteiger partial charge is 0.156 e. The van der Waals surface area contributed by atoms with Gasteiger partial charge in [-0.3, -0.25) is 4.79 Å². The summed E-state index contributed by atoms with van der Waals surface area (Å²) in [6.07, 6.45) is 7.27. The van der Waals surface area contributed by atoms with Gasteiger partial charge in [-0.05, 0) is 31.8 Å². The zero-order valence-electron chi connectivity index (χ0n) is 7.31. The van der Waals surface area contributed by atoms with Gasteiger partial charge in [0.1, 0.15) is 0 Å². The van der Waals surface area contributed by atoms with E-state index in [9.17, 15) is 4.79 Å². The first-order chi connectivity index (χ1) is 5.77. The van der Waals surface area contributed by atoms with E-state index in [1.807, 2.05) is 6.08 Å². The van der Waals surface area contributed by atoms with Crippen LogP contribution in [0.25, 0.3) is 0 Å². The number of hydrogen-bond acceptors (Lipinski definition) is 1. The molecule has 2 aliphatic rings. The number of carbonyl (C=O) groups is 1. The van der Waals surface area contributed by atoms with Gasteiger partial charge in [-0.25, -0.2) is 0 Å². The Hall–Kier alpha value is -0.850. The summed E-state index contributed by atoms with van der Waals surface area (Å²) >= 11 is 0. The van der Waals surface area contributed by atoms with Crippen molar-refractivity contribution >= 4 is 5.78 Å². The molecule has 0 aliphatic heterocycles. The van der Waals surface area contributed by atoms with Gasteiger partial charge in [-0.15, -0.1) is 0 Å². The van der Waals surface area contributed by atoms with Crippen LogP contribution < -0.4 is 0 Å². The first-order valence-corrected chi connectivity index (χ1v) is 4.68. The molecule has 1 nitrogen and oxygen atoms in total. The van der Waals surface area contributed by atoms with Gasteiger partial charge in [0, 0.05) is 12.3 Å². The van der Waals surface area contributed by atoms with E-state index in [4.69, 9.17) is 0 Å². The third-order valence-corrected chi connectivity index (χ3v) is 2.91. The summed E-state index contributed by atoms with van der Waals surface area (Å²) in [6.45, 7) is 4.06. The van der Waals surface area contributed by atoms with E-state index in [1.54, 1.807) is 0 Å². The predicted molar refractivity (Wildman–Crippen MR) is 48.8 cm³/mol. The van der Waals surface area contributed by atoms with Crippen LogP contribution in [0.1, 0.15) is 32.1 Å². The zero-order chi connectivity index (χ0) is 8.55. The van der Waals surface area contributed by atoms with Crippen LogP contribution in [0.4, 0.5) is 0 Å². The van der Waals surface area contributed by atoms with Gasteiger partial charge < -0.3 is 0 Å². The molecule has 1 heteroatoms. The van der Waals surface area contributed by atoms with Gasteiger partial charge in [0.15, 0.2) is 5.78 Å². The summed E-state index contributed by atoms with van der Waals surface area (Å²) in [4.78, 5) is 11.1. The maximum Gasteiger partial charge on any atom is 0.156 e. The van der Waals surface area contributed by atoms with Gasteiger partial charge in [0.2, 0.25) is 0 Å². The van der Waals surface area contributed by atoms with Crippen molar-refractivity contribution in [3.63, 3.8) is 0 Å². The molecule has 0 aromatic rings. The SMILES string of the molecule is C=C1CCCCC2=CC(=O)CC12. The summed E-state index contributed by atoms with van der Waals surface area (Å²) in [5.41, 5.74) is 2.63. The molecule has 1 saturated carbocycles. The van der Waals surface area contributed by atoms with Crippen molar-refractivity contribution in [2.75, 3.05) is 0 Å². The third-order valence-electron chi connectivity index (χ3n) is 2.91. The van der Waals surface area contributed by atoms with Crippen LogP contribution in [0.2, 0.25) is 0 Å². The minimum Gasteiger partial charge on any atom is -0.295 e. The van der Waals surface area contributed by atoms with E-state index in [1.165, 1.54) is 24.0 Å². The fourth-order valence-electron chi connectivity index (χ4n) is 2.21. The number of fused-ring (bicyclic) bond motifs is 1. The summed E-state index contributed by atoms with van der Waals surface area (Å²) in [5.74, 6) is 0.720. The van der Waals surface area contributed by atoms with Crippen LogP contribution in [0, 0.1) is 5.92 Å². The average Bonchev–Trinajstić information content (AvgIpc) is 2.33. The molecule has 0 amide bonds. The molecule has 0 aromatic carbocycles. The number of carbonyl (C=O) groups excluding carboxylic acids is 1. The fourth-order valence-corrected chi connectivity index (χ4v) is 2.21. The largest absolute Gasteiger partial charge is 0.295 e. The van der Waals surface area contributed by atoms with Crippen molar-refractivity contribution in [1.29, 1.82) is 0 Å². The van der Waals surface area contributed by atoms with Crippen molar-refractivity contribution < 1.29 is 4.79 Å². The van der Waals surface area contributed by atoms with Crippen LogP contribution in [0.5, 0.6) is 0 Å². The molecule has 0 spiro atoms. The van der Waals surface area contributed by atoms with Crippen molar-refractivity contribution in [1.82, 2.24) is 0 Å². The molecule has 1 unspecified atom stereocenters. The van der Waals surface area contributed by atoms with Crippen molar-refractivity contribution in [2.24, 2.45) is 5.92 Å². The third kappa shape index (κ3) is 1.24. The topological polar surface area (TPSA) is 17.1 Å². The highest BCUT2D eigenvalue weighted by atomic mass is 16.1. The Morgan fingerprint density at radius 1 is 1.33 bits per heavy atom. The van der Waals surface area contributed by atoms with E-state index in [0.29, 0.717) is 18.1 Å². The van der Waals surface area contributed by atoms with Gasteiger partial charge >= 0.3 is 0 Å². The molecule has 0 heterocycles. The van der Waals surface area contributed by atoms with Crippen LogP contribution in [-0.4, -0.2) is 5.78 Å². The zero-order valence-corrected chi connectivity index (χ0v) is 7.31. The second kappa shape index (κ2) is 2.89. The molecular weight excluding hydrogens is 148 g/mol. The minimum absolute atomic E-state index is 0.304. The van der Waals surface area contributed by atoms with E-state index in [-0.39, 0.29) is 0 Å². The number of allylic oxidation sites excluding steroid dienone is 3. The van der Waals surface area contributed by atoms with Crippen LogP contribution in [0.3, 0.4) is 0 Å². The Kier molecular flexibility index (Phi) is 1.87. The first-order valence-electron chi connectivity index (χ1n) is 4.68. The van der Waals surface area contributed by atoms with Crippen LogP contribution >= 0.6 is 0 Å². The quantitative estimate of drug-likeness (QED) is 0.500. The molecule has 1 fully saturated rings. The van der Waals surface area contributed by atoms with E-state index in [0.717, 1.165) is 12.8 Å². The lowest BCUT2D eigenvalue weighted by molar-refractivity contribution is -0.114. The van der Waals surface area contributed by atoms with Crippen molar-refractivity contribution in [3.05, 3.63) is 23.8 Å². The lowest BCUT2D eigenvalue weighted by Gasteiger charge is -2.11. The summed E-state index contributed by atoms with van der Waals surface area (Å²) in [6, 6.07) is 0. The second-order valence-corrected chi connectivity index (χ2v) is 3.81. The van der Waals surface area contributed by atoms with Gasteiger partial charge in [-0.2, -0.15) is 0 Å². The molecule has 2 aliphatic carbocycles. The maximum absolute atomic E-state index is 11.1. The molecule has 64 valence electrons. The van der Waals surface area contributed by atoms with E-state index in [2.05, 4.69) is 6.58 Å². The van der Waals surface area contributed by atoms with Crippen LogP contribution in [-0.2, 0) is 4.79 Å².